The molecule has 0 aliphatic carbocycles. The molecule has 1 aliphatic heterocycles. The number of ether oxygens (including phenoxy) is 1. The standard InChI is InChI=1S/C18H25NO4/c1-3-5-8-13(4-2)12-23-18(22)19-11-15(17(20)21)14-9-6-7-10-16(14)19/h6-7,9-10,13,15H,3-5,8,11-12H2,1-2H3,(H,20,21). The number of hydrogen-bond donors (Lipinski definition) is 1. The quantitative estimate of drug-likeness (QED) is 0.824. The molecule has 2 atom stereocenters. The maximum absolute atomic E-state index is 12.4. The molecule has 1 aromatic rings. The highest BCUT2D eigenvalue weighted by Crippen LogP contribution is 2.36. The van der Waals surface area contributed by atoms with Crippen molar-refractivity contribution in [2.45, 2.75) is 45.4 Å². The summed E-state index contributed by atoms with van der Waals surface area (Å²) < 4.78 is 5.46. The number of unbranched alkanes of at least 4 members (excludes halogenated alkanes) is 1. The van der Waals surface area contributed by atoms with E-state index in [2.05, 4.69) is 13.8 Å². The molecule has 2 unspecified atom stereocenters. The zero-order valence-corrected chi connectivity index (χ0v) is 13.8. The molecule has 0 spiro atoms. The molecule has 2 rings (SSSR count). The second kappa shape index (κ2) is 7.99. The van der Waals surface area contributed by atoms with Crippen molar-refractivity contribution in [3.8, 4) is 0 Å². The van der Waals surface area contributed by atoms with Crippen LogP contribution in [0.25, 0.3) is 0 Å². The molecule has 0 saturated carbocycles. The van der Waals surface area contributed by atoms with Crippen molar-refractivity contribution >= 4 is 17.7 Å². The van der Waals surface area contributed by atoms with Crippen LogP contribution in [0, 0.1) is 5.92 Å². The summed E-state index contributed by atoms with van der Waals surface area (Å²) in [6.45, 7) is 4.77. The monoisotopic (exact) mass is 319 g/mol. The van der Waals surface area contributed by atoms with Gasteiger partial charge in [0.15, 0.2) is 0 Å². The van der Waals surface area contributed by atoms with Gasteiger partial charge >= 0.3 is 12.1 Å². The number of anilines is 1. The third-order valence-corrected chi connectivity index (χ3v) is 4.47. The molecule has 0 bridgehead atoms. The van der Waals surface area contributed by atoms with E-state index < -0.39 is 18.0 Å². The van der Waals surface area contributed by atoms with E-state index >= 15 is 0 Å². The van der Waals surface area contributed by atoms with E-state index in [0.29, 0.717) is 23.8 Å². The maximum Gasteiger partial charge on any atom is 0.414 e. The lowest BCUT2D eigenvalue weighted by molar-refractivity contribution is -0.138. The Morgan fingerprint density at radius 1 is 1.35 bits per heavy atom. The number of fused-ring (bicyclic) bond motifs is 1. The Bertz CT molecular complexity index is 558. The van der Waals surface area contributed by atoms with Crippen LogP contribution in [0.1, 0.15) is 51.0 Å². The van der Waals surface area contributed by atoms with Gasteiger partial charge < -0.3 is 9.84 Å². The third-order valence-electron chi connectivity index (χ3n) is 4.47. The minimum absolute atomic E-state index is 0.138. The molecule has 23 heavy (non-hydrogen) atoms. The van der Waals surface area contributed by atoms with Gasteiger partial charge in [-0.3, -0.25) is 9.69 Å². The largest absolute Gasteiger partial charge is 0.481 e. The zero-order chi connectivity index (χ0) is 16.8. The third kappa shape index (κ3) is 4.03. The van der Waals surface area contributed by atoms with Crippen molar-refractivity contribution in [2.75, 3.05) is 18.1 Å². The van der Waals surface area contributed by atoms with Gasteiger partial charge in [0.25, 0.3) is 0 Å². The molecule has 1 amide bonds. The molecule has 0 aromatic heterocycles. The number of nitrogens with zero attached hydrogens (tertiary/aromatic N) is 1. The number of carbonyl (C=O) groups is 2. The molecule has 5 heteroatoms. The molecule has 1 aromatic carbocycles. The van der Waals surface area contributed by atoms with Crippen LogP contribution in [0.15, 0.2) is 24.3 Å². The lowest BCUT2D eigenvalue weighted by Gasteiger charge is -2.20. The molecule has 1 heterocycles. The van der Waals surface area contributed by atoms with Gasteiger partial charge in [-0.05, 0) is 24.0 Å². The lowest BCUT2D eigenvalue weighted by Crippen LogP contribution is -2.33. The number of aliphatic carboxylic acids is 1. The van der Waals surface area contributed by atoms with Gasteiger partial charge in [-0.25, -0.2) is 4.79 Å². The number of amides is 1. The minimum Gasteiger partial charge on any atom is -0.481 e. The number of carboxylic acids is 1. The number of benzene rings is 1. The van der Waals surface area contributed by atoms with Crippen LogP contribution in [-0.4, -0.2) is 30.3 Å². The Hall–Kier alpha value is -2.04. The number of rotatable bonds is 7. The first-order chi connectivity index (χ1) is 11.1. The van der Waals surface area contributed by atoms with E-state index in [-0.39, 0.29) is 6.54 Å². The normalized spacial score (nSPS) is 17.7. The second-order valence-corrected chi connectivity index (χ2v) is 6.05. The molecular weight excluding hydrogens is 294 g/mol. The first-order valence-electron chi connectivity index (χ1n) is 8.34. The summed E-state index contributed by atoms with van der Waals surface area (Å²) in [7, 11) is 0. The maximum atomic E-state index is 12.4. The van der Waals surface area contributed by atoms with Gasteiger partial charge in [0.05, 0.1) is 12.3 Å². The predicted octanol–water partition coefficient (Wildman–Crippen LogP) is 4.03. The Labute approximate surface area is 137 Å². The molecular formula is C18H25NO4. The molecule has 1 aliphatic rings. The first kappa shape index (κ1) is 17.3. The number of hydrogen-bond acceptors (Lipinski definition) is 3. The van der Waals surface area contributed by atoms with Crippen LogP contribution < -0.4 is 4.90 Å². The van der Waals surface area contributed by atoms with Crippen molar-refractivity contribution in [1.29, 1.82) is 0 Å². The summed E-state index contributed by atoms with van der Waals surface area (Å²) in [5, 5.41) is 9.33. The summed E-state index contributed by atoms with van der Waals surface area (Å²) in [6.07, 6.45) is 3.83. The number of para-hydroxylation sites is 1. The highest BCUT2D eigenvalue weighted by Gasteiger charge is 2.37. The van der Waals surface area contributed by atoms with E-state index in [1.165, 1.54) is 4.90 Å². The number of carboxylic acid groups (broad SMARTS) is 1. The summed E-state index contributed by atoms with van der Waals surface area (Å²) in [5.74, 6) is -1.23. The summed E-state index contributed by atoms with van der Waals surface area (Å²) in [5.41, 5.74) is 1.32. The highest BCUT2D eigenvalue weighted by atomic mass is 16.6. The summed E-state index contributed by atoms with van der Waals surface area (Å²) >= 11 is 0. The lowest BCUT2D eigenvalue weighted by atomic mass is 10.0. The highest BCUT2D eigenvalue weighted by molar-refractivity contribution is 5.95. The molecule has 126 valence electrons. The van der Waals surface area contributed by atoms with Crippen LogP contribution >= 0.6 is 0 Å². The fourth-order valence-electron chi connectivity index (χ4n) is 2.96. The average Bonchev–Trinajstić information content (AvgIpc) is 2.95. The van der Waals surface area contributed by atoms with E-state index in [4.69, 9.17) is 4.74 Å². The smallest absolute Gasteiger partial charge is 0.414 e. The van der Waals surface area contributed by atoms with Crippen molar-refractivity contribution in [2.24, 2.45) is 5.92 Å². The van der Waals surface area contributed by atoms with Crippen LogP contribution in [0.4, 0.5) is 10.5 Å². The van der Waals surface area contributed by atoms with Gasteiger partial charge in [0.2, 0.25) is 0 Å². The molecule has 5 nitrogen and oxygen atoms in total. The minimum atomic E-state index is -0.915. The predicted molar refractivity (Wildman–Crippen MR) is 88.8 cm³/mol. The van der Waals surface area contributed by atoms with Gasteiger partial charge in [-0.15, -0.1) is 0 Å². The fraction of sp³-hybridized carbons (Fsp3) is 0.556. The molecule has 0 radical (unpaired) electrons. The van der Waals surface area contributed by atoms with E-state index in [9.17, 15) is 14.7 Å². The topological polar surface area (TPSA) is 66.8 Å². The average molecular weight is 319 g/mol. The SMILES string of the molecule is CCCCC(CC)COC(=O)N1CC(C(=O)O)c2ccccc21. The Balaban J connectivity index is 2.01. The van der Waals surface area contributed by atoms with Gasteiger partial charge in [0, 0.05) is 6.54 Å². The van der Waals surface area contributed by atoms with Gasteiger partial charge in [0.1, 0.15) is 5.92 Å². The van der Waals surface area contributed by atoms with Crippen molar-refractivity contribution < 1.29 is 19.4 Å². The summed E-state index contributed by atoms with van der Waals surface area (Å²) in [6, 6.07) is 7.13. The van der Waals surface area contributed by atoms with Gasteiger partial charge in [-0.1, -0.05) is 51.3 Å². The zero-order valence-electron chi connectivity index (χ0n) is 13.8. The molecule has 1 N–H and O–H groups in total. The fourth-order valence-corrected chi connectivity index (χ4v) is 2.96. The van der Waals surface area contributed by atoms with Crippen LogP contribution in [0.3, 0.4) is 0 Å². The second-order valence-electron chi connectivity index (χ2n) is 6.05. The van der Waals surface area contributed by atoms with Crippen molar-refractivity contribution in [1.82, 2.24) is 0 Å². The van der Waals surface area contributed by atoms with Crippen molar-refractivity contribution in [3.05, 3.63) is 29.8 Å². The van der Waals surface area contributed by atoms with E-state index in [1.807, 2.05) is 0 Å². The van der Waals surface area contributed by atoms with Crippen LogP contribution in [0.5, 0.6) is 0 Å². The summed E-state index contributed by atoms with van der Waals surface area (Å²) in [4.78, 5) is 25.2. The Morgan fingerprint density at radius 3 is 2.74 bits per heavy atom. The van der Waals surface area contributed by atoms with Crippen LogP contribution in [0.2, 0.25) is 0 Å². The molecule has 0 fully saturated rings. The Morgan fingerprint density at radius 2 is 2.09 bits per heavy atom. The Kier molecular flexibility index (Phi) is 6.02. The van der Waals surface area contributed by atoms with Gasteiger partial charge in [-0.2, -0.15) is 0 Å². The van der Waals surface area contributed by atoms with E-state index in [0.717, 1.165) is 25.7 Å². The van der Waals surface area contributed by atoms with Crippen molar-refractivity contribution in [3.63, 3.8) is 0 Å². The van der Waals surface area contributed by atoms with E-state index in [1.54, 1.807) is 24.3 Å². The first-order valence-corrected chi connectivity index (χ1v) is 8.34. The van der Waals surface area contributed by atoms with Crippen LogP contribution in [-0.2, 0) is 9.53 Å². The molecule has 0 saturated heterocycles. The number of carbonyl (C=O) groups excluding carboxylic acids is 1.